The molecule has 0 radical (unpaired) electrons. The van der Waals surface area contributed by atoms with E-state index in [1.54, 1.807) is 16.8 Å². The summed E-state index contributed by atoms with van der Waals surface area (Å²) in [6, 6.07) is 17.5. The number of nitro benzene ring substituents is 1. The Labute approximate surface area is 183 Å². The number of nitrogens with one attached hydrogen (secondary N) is 2. The fraction of sp³-hybridized carbons (Fsp3) is 0.0952. The fourth-order valence-electron chi connectivity index (χ4n) is 2.93. The van der Waals surface area contributed by atoms with Gasteiger partial charge >= 0.3 is 0 Å². The zero-order valence-corrected chi connectivity index (χ0v) is 17.3. The molecule has 2 N–H and O–H groups in total. The van der Waals surface area contributed by atoms with Gasteiger partial charge in [-0.2, -0.15) is 25.2 Å². The van der Waals surface area contributed by atoms with E-state index >= 15 is 0 Å². The largest absolute Gasteiger partial charge is 0.324 e. The van der Waals surface area contributed by atoms with Gasteiger partial charge in [-0.25, -0.2) is 10.1 Å². The summed E-state index contributed by atoms with van der Waals surface area (Å²) in [7, 11) is 0. The summed E-state index contributed by atoms with van der Waals surface area (Å²) in [6.07, 6.45) is 1.45. The first-order valence-electron chi connectivity index (χ1n) is 9.63. The highest BCUT2D eigenvalue weighted by Crippen LogP contribution is 2.17. The van der Waals surface area contributed by atoms with E-state index in [2.05, 4.69) is 35.9 Å². The summed E-state index contributed by atoms with van der Waals surface area (Å²) in [5.74, 6) is 0.807. The number of rotatable bonds is 7. The van der Waals surface area contributed by atoms with Gasteiger partial charge in [-0.15, -0.1) is 0 Å². The molecular weight excluding hydrogens is 410 g/mol. The zero-order valence-electron chi connectivity index (χ0n) is 17.3. The van der Waals surface area contributed by atoms with Crippen LogP contribution >= 0.6 is 0 Å². The van der Waals surface area contributed by atoms with Crippen molar-refractivity contribution in [1.29, 1.82) is 0 Å². The number of para-hydroxylation sites is 1. The molecule has 11 nitrogen and oxygen atoms in total. The van der Waals surface area contributed by atoms with Crippen molar-refractivity contribution >= 4 is 29.5 Å². The molecule has 0 bridgehead atoms. The maximum atomic E-state index is 10.9. The Balaban J connectivity index is 1.63. The van der Waals surface area contributed by atoms with E-state index in [1.807, 2.05) is 50.2 Å². The number of hydrogen-bond donors (Lipinski definition) is 2. The molecule has 0 aliphatic carbocycles. The van der Waals surface area contributed by atoms with Crippen LogP contribution < -0.4 is 10.7 Å². The molecule has 0 atom stereocenters. The SMILES string of the molecule is Cc1cc(C)n(-c2nc(N/N=C/c3cccc([N+](=O)[O-])c3)nc(Nc3ccccc3)n2)n1. The van der Waals surface area contributed by atoms with E-state index in [0.717, 1.165) is 17.1 Å². The lowest BCUT2D eigenvalue weighted by atomic mass is 10.2. The fourth-order valence-corrected chi connectivity index (χ4v) is 2.93. The Hall–Kier alpha value is -4.67. The highest BCUT2D eigenvalue weighted by atomic mass is 16.6. The third kappa shape index (κ3) is 4.90. The standard InChI is InChI=1S/C21H19N9O2/c1-14-11-15(2)29(28-14)21-25-19(23-17-8-4-3-5-9-17)24-20(26-21)27-22-13-16-7-6-10-18(12-16)30(31)32/h3-13H,1-2H3,(H2,23,24,25,26,27)/b22-13+. The van der Waals surface area contributed by atoms with E-state index in [-0.39, 0.29) is 11.6 Å². The maximum Gasteiger partial charge on any atom is 0.270 e. The van der Waals surface area contributed by atoms with Crippen LogP contribution in [-0.4, -0.2) is 35.9 Å². The molecule has 32 heavy (non-hydrogen) atoms. The minimum atomic E-state index is -0.459. The molecule has 0 aliphatic rings. The molecule has 0 amide bonds. The van der Waals surface area contributed by atoms with E-state index in [0.29, 0.717) is 17.5 Å². The van der Waals surface area contributed by atoms with Crippen LogP contribution in [0.2, 0.25) is 0 Å². The first kappa shape index (κ1) is 20.6. The Bertz CT molecular complexity index is 1290. The molecule has 0 aliphatic heterocycles. The molecule has 160 valence electrons. The van der Waals surface area contributed by atoms with Crippen LogP contribution in [0, 0.1) is 24.0 Å². The molecule has 0 saturated heterocycles. The summed E-state index contributed by atoms with van der Waals surface area (Å²) >= 11 is 0. The van der Waals surface area contributed by atoms with Crippen molar-refractivity contribution in [3.8, 4) is 5.95 Å². The van der Waals surface area contributed by atoms with Gasteiger partial charge in [-0.1, -0.05) is 30.3 Å². The van der Waals surface area contributed by atoms with Crippen molar-refractivity contribution in [3.05, 3.63) is 87.7 Å². The van der Waals surface area contributed by atoms with E-state index in [4.69, 9.17) is 0 Å². The summed E-state index contributed by atoms with van der Waals surface area (Å²) < 4.78 is 1.61. The van der Waals surface area contributed by atoms with Crippen molar-refractivity contribution in [2.24, 2.45) is 5.10 Å². The quantitative estimate of drug-likeness (QED) is 0.257. The molecule has 2 aromatic heterocycles. The molecule has 0 saturated carbocycles. The number of nitro groups is 1. The number of hydrogen-bond acceptors (Lipinski definition) is 9. The first-order chi connectivity index (χ1) is 15.5. The van der Waals surface area contributed by atoms with Crippen molar-refractivity contribution in [2.75, 3.05) is 10.7 Å². The number of benzene rings is 2. The van der Waals surface area contributed by atoms with Crippen LogP contribution in [0.3, 0.4) is 0 Å². The van der Waals surface area contributed by atoms with Gasteiger partial charge in [-0.05, 0) is 32.0 Å². The van der Waals surface area contributed by atoms with Crippen LogP contribution in [0.4, 0.5) is 23.3 Å². The lowest BCUT2D eigenvalue weighted by Gasteiger charge is -2.09. The van der Waals surface area contributed by atoms with E-state index < -0.39 is 4.92 Å². The highest BCUT2D eigenvalue weighted by Gasteiger charge is 2.12. The Kier molecular flexibility index (Phi) is 5.79. The average Bonchev–Trinajstić information content (AvgIpc) is 3.12. The Morgan fingerprint density at radius 1 is 1.00 bits per heavy atom. The zero-order chi connectivity index (χ0) is 22.5. The maximum absolute atomic E-state index is 10.9. The molecule has 4 rings (SSSR count). The molecule has 2 heterocycles. The van der Waals surface area contributed by atoms with E-state index in [1.165, 1.54) is 18.3 Å². The third-order valence-corrected chi connectivity index (χ3v) is 4.31. The molecular formula is C21H19N9O2. The van der Waals surface area contributed by atoms with Gasteiger partial charge in [0.1, 0.15) is 0 Å². The average molecular weight is 429 g/mol. The predicted octanol–water partition coefficient (Wildman–Crippen LogP) is 3.77. The summed E-state index contributed by atoms with van der Waals surface area (Å²) in [5, 5.41) is 22.6. The van der Waals surface area contributed by atoms with Gasteiger partial charge in [0.25, 0.3) is 11.6 Å². The van der Waals surface area contributed by atoms with Crippen LogP contribution in [-0.2, 0) is 0 Å². The minimum absolute atomic E-state index is 0.0183. The lowest BCUT2D eigenvalue weighted by molar-refractivity contribution is -0.384. The number of nitrogens with zero attached hydrogens (tertiary/aromatic N) is 7. The second-order valence-electron chi connectivity index (χ2n) is 6.83. The van der Waals surface area contributed by atoms with Gasteiger partial charge in [0.05, 0.1) is 16.8 Å². The molecule has 11 heteroatoms. The molecule has 4 aromatic rings. The number of aromatic nitrogens is 5. The van der Waals surface area contributed by atoms with Gasteiger partial charge in [0, 0.05) is 29.1 Å². The lowest BCUT2D eigenvalue weighted by Crippen LogP contribution is -2.11. The number of anilines is 3. The van der Waals surface area contributed by atoms with Crippen LogP contribution in [0.1, 0.15) is 17.0 Å². The Morgan fingerprint density at radius 3 is 2.50 bits per heavy atom. The number of non-ortho nitro benzene ring substituents is 1. The normalized spacial score (nSPS) is 10.9. The van der Waals surface area contributed by atoms with Gasteiger partial charge in [0.15, 0.2) is 0 Å². The predicted molar refractivity (Wildman–Crippen MR) is 120 cm³/mol. The third-order valence-electron chi connectivity index (χ3n) is 4.31. The Morgan fingerprint density at radius 2 is 1.78 bits per heavy atom. The monoisotopic (exact) mass is 429 g/mol. The summed E-state index contributed by atoms with van der Waals surface area (Å²) in [6.45, 7) is 3.79. The van der Waals surface area contributed by atoms with Crippen LogP contribution in [0.25, 0.3) is 5.95 Å². The molecule has 0 fully saturated rings. The van der Waals surface area contributed by atoms with Gasteiger partial charge in [0.2, 0.25) is 11.9 Å². The smallest absolute Gasteiger partial charge is 0.270 e. The summed E-state index contributed by atoms with van der Waals surface area (Å²) in [5.41, 5.74) is 5.81. The highest BCUT2D eigenvalue weighted by molar-refractivity contribution is 5.81. The second-order valence-corrected chi connectivity index (χ2v) is 6.83. The number of aryl methyl sites for hydroxylation is 2. The number of hydrazone groups is 1. The van der Waals surface area contributed by atoms with Crippen molar-refractivity contribution in [3.63, 3.8) is 0 Å². The first-order valence-corrected chi connectivity index (χ1v) is 9.63. The van der Waals surface area contributed by atoms with Crippen molar-refractivity contribution in [2.45, 2.75) is 13.8 Å². The summed E-state index contributed by atoms with van der Waals surface area (Å²) in [4.78, 5) is 23.7. The second kappa shape index (κ2) is 9.00. The molecule has 2 aromatic carbocycles. The van der Waals surface area contributed by atoms with Crippen LogP contribution in [0.15, 0.2) is 65.8 Å². The molecule has 0 unspecified atom stereocenters. The van der Waals surface area contributed by atoms with Crippen molar-refractivity contribution < 1.29 is 4.92 Å². The van der Waals surface area contributed by atoms with Crippen molar-refractivity contribution in [1.82, 2.24) is 24.7 Å². The van der Waals surface area contributed by atoms with E-state index in [9.17, 15) is 10.1 Å². The topological polar surface area (TPSA) is 136 Å². The minimum Gasteiger partial charge on any atom is -0.324 e. The van der Waals surface area contributed by atoms with Gasteiger partial charge in [-0.3, -0.25) is 10.1 Å². The molecule has 0 spiro atoms. The van der Waals surface area contributed by atoms with Gasteiger partial charge < -0.3 is 5.32 Å². The van der Waals surface area contributed by atoms with Crippen LogP contribution in [0.5, 0.6) is 0 Å².